The van der Waals surface area contributed by atoms with Gasteiger partial charge in [0.05, 0.1) is 0 Å². The Morgan fingerprint density at radius 2 is 1.50 bits per heavy atom. The molecule has 6 heavy (non-hydrogen) atoms. The van der Waals surface area contributed by atoms with Crippen LogP contribution in [0, 0.1) is 10.1 Å². The molecule has 0 unspecified atom stereocenters. The molecule has 0 aromatic heterocycles. The van der Waals surface area contributed by atoms with Crippen molar-refractivity contribution in [1.82, 2.24) is 0 Å². The van der Waals surface area contributed by atoms with Crippen LogP contribution in [-0.4, -0.2) is 0 Å². The maximum Gasteiger partial charge on any atom is 1.00 e. The van der Waals surface area contributed by atoms with Crippen LogP contribution in [0.1, 0.15) is 0 Å². The molecule has 0 N–H and O–H groups in total. The van der Waals surface area contributed by atoms with Gasteiger partial charge in [-0.25, -0.2) is 0 Å². The van der Waals surface area contributed by atoms with E-state index in [1.807, 2.05) is 0 Å². The zero-order valence-corrected chi connectivity index (χ0v) is 9.52. The van der Waals surface area contributed by atoms with Crippen molar-refractivity contribution in [1.29, 1.82) is 0 Å². The Labute approximate surface area is 106 Å². The second kappa shape index (κ2) is 26.5. The molecule has 3 nitrogen and oxygen atoms in total. The molecule has 0 aliphatic rings. The van der Waals surface area contributed by atoms with E-state index in [1.54, 1.807) is 0 Å². The van der Waals surface area contributed by atoms with Gasteiger partial charge in [0, 0.05) is 0 Å². The van der Waals surface area contributed by atoms with Gasteiger partial charge in [-0.2, -0.15) is 0 Å². The molecule has 0 aromatic rings. The predicted octanol–water partition coefficient (Wildman–Crippen LogP) is -8.74. The second-order valence-electron chi connectivity index (χ2n) is 0.0745. The van der Waals surface area contributed by atoms with E-state index in [-0.39, 0.29) is 93.3 Å². The summed E-state index contributed by atoms with van der Waals surface area (Å²) < 4.78 is 0. The average Bonchev–Trinajstić information content (AvgIpc) is 0.918. The predicted molar refractivity (Wildman–Crippen MR) is 9.16 cm³/mol. The summed E-state index contributed by atoms with van der Waals surface area (Å²) in [5.74, 6) is 0. The normalized spacial score (nSPS) is 2.00. The summed E-state index contributed by atoms with van der Waals surface area (Å²) in [6, 6.07) is 0. The first-order valence-corrected chi connectivity index (χ1v) is 0.365. The van der Waals surface area contributed by atoms with Crippen LogP contribution >= 0.6 is 0 Å². The fourth-order valence-corrected chi connectivity index (χ4v) is 0. The van der Waals surface area contributed by atoms with E-state index in [0.29, 0.717) is 0 Å². The first-order chi connectivity index (χ1) is 1.41. The number of hydrogen-bond acceptors (Lipinski definition) is 3. The summed E-state index contributed by atoms with van der Waals surface area (Å²) in [6.45, 7) is 0. The molecule has 0 rings (SSSR count). The Morgan fingerprint density at radius 3 is 1.50 bits per heavy atom. The van der Waals surface area contributed by atoms with Gasteiger partial charge < -0.3 is 22.5 Å². The van der Waals surface area contributed by atoms with E-state index in [9.17, 15) is 0 Å². The standard InChI is InChI=1S/ClH.K.HNO2.Na/c;;2-1-3;/h1H;;(H,2,3);/q;+1;;+1/p-2. The quantitative estimate of drug-likeness (QED) is 0.192. The SMILES string of the molecule is O=N[O-].[Cl-].[K+].[Na+]. The maximum atomic E-state index is 8.00. The van der Waals surface area contributed by atoms with Crippen LogP contribution in [-0.2, 0) is 0 Å². The van der Waals surface area contributed by atoms with Gasteiger partial charge in [-0.15, -0.1) is 5.34 Å². The van der Waals surface area contributed by atoms with Gasteiger partial charge in [-0.3, -0.25) is 0 Å². The van der Waals surface area contributed by atoms with E-state index in [0.717, 1.165) is 5.34 Å². The number of rotatable bonds is 0. The minimum Gasteiger partial charge on any atom is -1.00 e. The van der Waals surface area contributed by atoms with Crippen molar-refractivity contribution in [2.24, 2.45) is 5.34 Å². The molecular formula is ClKNNaO2. The van der Waals surface area contributed by atoms with Gasteiger partial charge in [0.1, 0.15) is 0 Å². The molecule has 0 fully saturated rings. The molecule has 0 atom stereocenters. The minimum absolute atomic E-state index is 0. The summed E-state index contributed by atoms with van der Waals surface area (Å²) in [5, 5.41) is 9.00. The van der Waals surface area contributed by atoms with E-state index >= 15 is 0 Å². The van der Waals surface area contributed by atoms with E-state index in [2.05, 4.69) is 0 Å². The van der Waals surface area contributed by atoms with Crippen LogP contribution in [0.5, 0.6) is 0 Å². The van der Waals surface area contributed by atoms with Crippen molar-refractivity contribution in [3.8, 4) is 0 Å². The molecule has 26 valence electrons. The van der Waals surface area contributed by atoms with Crippen LogP contribution in [0.4, 0.5) is 0 Å². The summed E-state index contributed by atoms with van der Waals surface area (Å²) >= 11 is 0. The van der Waals surface area contributed by atoms with Gasteiger partial charge >= 0.3 is 80.9 Å². The topological polar surface area (TPSA) is 52.5 Å². The van der Waals surface area contributed by atoms with Crippen molar-refractivity contribution in [2.45, 2.75) is 0 Å². The van der Waals surface area contributed by atoms with Crippen LogP contribution in [0.25, 0.3) is 0 Å². The van der Waals surface area contributed by atoms with Crippen molar-refractivity contribution in [3.05, 3.63) is 10.1 Å². The first-order valence-electron chi connectivity index (χ1n) is 0.365. The molecule has 0 amide bonds. The number of halogens is 1. The van der Waals surface area contributed by atoms with Crippen LogP contribution < -0.4 is 93.3 Å². The van der Waals surface area contributed by atoms with E-state index in [4.69, 9.17) is 10.1 Å². The fourth-order valence-electron chi connectivity index (χ4n) is 0. The van der Waals surface area contributed by atoms with Crippen molar-refractivity contribution < 1.29 is 93.3 Å². The molecule has 0 bridgehead atoms. The zero-order valence-electron chi connectivity index (χ0n) is 3.64. The molecule has 6 heteroatoms. The summed E-state index contributed by atoms with van der Waals surface area (Å²) in [4.78, 5) is 8.00. The van der Waals surface area contributed by atoms with Gasteiger partial charge in [0.2, 0.25) is 0 Å². The average molecular weight is 144 g/mol. The molecular weight excluding hydrogens is 144 g/mol. The second-order valence-corrected chi connectivity index (χ2v) is 0.0745. The Hall–Kier alpha value is 2.33. The van der Waals surface area contributed by atoms with Gasteiger partial charge in [-0.1, -0.05) is 0 Å². The molecule has 0 aromatic carbocycles. The third-order valence-corrected chi connectivity index (χ3v) is 0. The van der Waals surface area contributed by atoms with E-state index < -0.39 is 0 Å². The van der Waals surface area contributed by atoms with Crippen LogP contribution in [0.2, 0.25) is 0 Å². The summed E-state index contributed by atoms with van der Waals surface area (Å²) in [5.41, 5.74) is 0. The summed E-state index contributed by atoms with van der Waals surface area (Å²) in [6.07, 6.45) is 0. The molecule has 0 heterocycles. The smallest absolute Gasteiger partial charge is 1.00 e. The molecule has 0 spiro atoms. The summed E-state index contributed by atoms with van der Waals surface area (Å²) in [7, 11) is 0. The Balaban J connectivity index is -0.00000000667. The van der Waals surface area contributed by atoms with Crippen LogP contribution in [0.3, 0.4) is 0 Å². The van der Waals surface area contributed by atoms with E-state index in [1.165, 1.54) is 0 Å². The Morgan fingerprint density at radius 1 is 1.50 bits per heavy atom. The molecule has 0 saturated heterocycles. The molecule has 0 aliphatic carbocycles. The largest absolute Gasteiger partial charge is 1.00 e. The molecule has 0 saturated carbocycles. The maximum absolute atomic E-state index is 8.00. The van der Waals surface area contributed by atoms with Crippen molar-refractivity contribution in [2.75, 3.05) is 0 Å². The third-order valence-electron chi connectivity index (χ3n) is 0. The molecule has 0 aliphatic heterocycles. The zero-order chi connectivity index (χ0) is 2.71. The number of hydrogen-bond donors (Lipinski definition) is 0. The Kier molecular flexibility index (Phi) is 105. The third kappa shape index (κ3) is 33.2. The van der Waals surface area contributed by atoms with Gasteiger partial charge in [0.25, 0.3) is 0 Å². The molecule has 0 radical (unpaired) electrons. The van der Waals surface area contributed by atoms with Crippen molar-refractivity contribution in [3.63, 3.8) is 0 Å². The van der Waals surface area contributed by atoms with Crippen LogP contribution in [0.15, 0.2) is 5.34 Å². The first kappa shape index (κ1) is 23.9. The van der Waals surface area contributed by atoms with Gasteiger partial charge in [0.15, 0.2) is 0 Å². The van der Waals surface area contributed by atoms with Gasteiger partial charge in [-0.05, 0) is 0 Å². The van der Waals surface area contributed by atoms with Crippen molar-refractivity contribution >= 4 is 0 Å². The monoisotopic (exact) mass is 143 g/mol. The Bertz CT molecular complexity index is 21.0. The fraction of sp³-hybridized carbons (Fsp3) is 0. The minimum atomic E-state index is 0. The number of nitrogens with zero attached hydrogens (tertiary/aromatic N) is 1.